The number of carboxylic acid groups (broad SMARTS) is 1. The Labute approximate surface area is 267 Å². The van der Waals surface area contributed by atoms with Gasteiger partial charge in [-0.05, 0) is 60.2 Å². The van der Waals surface area contributed by atoms with Crippen LogP contribution in [0.15, 0.2) is 109 Å². The molecule has 0 radical (unpaired) electrons. The molecule has 0 spiro atoms. The number of esters is 1. The first-order chi connectivity index (χ1) is 21.9. The van der Waals surface area contributed by atoms with E-state index in [1.807, 2.05) is 48.5 Å². The molecule has 8 heteroatoms. The molecule has 5 aromatic rings. The highest BCUT2D eigenvalue weighted by Gasteiger charge is 2.29. The average Bonchev–Trinajstić information content (AvgIpc) is 3.05. The van der Waals surface area contributed by atoms with Crippen LogP contribution < -0.4 is 0 Å². The van der Waals surface area contributed by atoms with Crippen LogP contribution in [0.25, 0.3) is 11.1 Å². The van der Waals surface area contributed by atoms with Crippen LogP contribution in [0.3, 0.4) is 0 Å². The summed E-state index contributed by atoms with van der Waals surface area (Å²) in [6.07, 6.45) is 4.61. The number of halogens is 1. The monoisotopic (exact) mass is 620 g/mol. The van der Waals surface area contributed by atoms with E-state index in [1.54, 1.807) is 43.6 Å². The molecule has 0 unspecified atom stereocenters. The fourth-order valence-corrected chi connectivity index (χ4v) is 5.62. The third-order valence-corrected chi connectivity index (χ3v) is 7.76. The zero-order chi connectivity index (χ0) is 31.6. The SMILES string of the molecule is Cc1nc(COCCc2cccnc2)c(C(=O)OCCC(c2ccccc2)c2ccccc2)c(-c2cccc(Cl)c2)c1C(=O)O. The van der Waals surface area contributed by atoms with Gasteiger partial charge in [0.05, 0.1) is 42.3 Å². The van der Waals surface area contributed by atoms with E-state index < -0.39 is 11.9 Å². The first kappa shape index (κ1) is 31.6. The number of carbonyl (C=O) groups is 2. The third kappa shape index (κ3) is 8.01. The zero-order valence-corrected chi connectivity index (χ0v) is 25.6. The summed E-state index contributed by atoms with van der Waals surface area (Å²) in [4.78, 5) is 35.2. The number of hydrogen-bond acceptors (Lipinski definition) is 6. The normalized spacial score (nSPS) is 11.0. The van der Waals surface area contributed by atoms with Crippen LogP contribution in [-0.4, -0.2) is 40.2 Å². The smallest absolute Gasteiger partial charge is 0.340 e. The van der Waals surface area contributed by atoms with E-state index >= 15 is 0 Å². The number of pyridine rings is 2. The lowest BCUT2D eigenvalue weighted by atomic mass is 9.89. The van der Waals surface area contributed by atoms with Gasteiger partial charge in [-0.15, -0.1) is 0 Å². The summed E-state index contributed by atoms with van der Waals surface area (Å²) >= 11 is 6.32. The second-order valence-corrected chi connectivity index (χ2v) is 11.0. The van der Waals surface area contributed by atoms with Gasteiger partial charge < -0.3 is 14.6 Å². The summed E-state index contributed by atoms with van der Waals surface area (Å²) in [7, 11) is 0. The minimum atomic E-state index is -1.21. The second kappa shape index (κ2) is 15.2. The number of nitrogens with zero attached hydrogens (tertiary/aromatic N) is 2. The molecule has 0 atom stereocenters. The largest absolute Gasteiger partial charge is 0.478 e. The Morgan fingerprint density at radius 1 is 0.867 bits per heavy atom. The van der Waals surface area contributed by atoms with Gasteiger partial charge in [-0.25, -0.2) is 9.59 Å². The van der Waals surface area contributed by atoms with Crippen molar-refractivity contribution >= 4 is 23.5 Å². The molecule has 0 aliphatic carbocycles. The molecule has 1 N–H and O–H groups in total. The number of aromatic nitrogens is 2. The highest BCUT2D eigenvalue weighted by atomic mass is 35.5. The molecule has 0 saturated heterocycles. The van der Waals surface area contributed by atoms with Gasteiger partial charge in [0.15, 0.2) is 0 Å². The second-order valence-electron chi connectivity index (χ2n) is 10.5. The molecular formula is C37H33ClN2O5. The van der Waals surface area contributed by atoms with Crippen molar-refractivity contribution in [1.29, 1.82) is 0 Å². The summed E-state index contributed by atoms with van der Waals surface area (Å²) < 4.78 is 11.9. The number of ether oxygens (including phenoxy) is 2. The quantitative estimate of drug-likeness (QED) is 0.105. The molecule has 3 aromatic carbocycles. The maximum atomic E-state index is 14.0. The molecule has 0 aliphatic heterocycles. The maximum Gasteiger partial charge on any atom is 0.340 e. The first-order valence-electron chi connectivity index (χ1n) is 14.7. The van der Waals surface area contributed by atoms with Crippen LogP contribution in [0, 0.1) is 6.92 Å². The van der Waals surface area contributed by atoms with Crippen LogP contribution in [-0.2, 0) is 22.5 Å². The Kier molecular flexibility index (Phi) is 10.7. The summed E-state index contributed by atoms with van der Waals surface area (Å²) in [5, 5.41) is 10.7. The number of carboxylic acids is 1. The molecule has 45 heavy (non-hydrogen) atoms. The van der Waals surface area contributed by atoms with Gasteiger partial charge in [0, 0.05) is 28.9 Å². The van der Waals surface area contributed by atoms with Crippen LogP contribution >= 0.6 is 11.6 Å². The van der Waals surface area contributed by atoms with Crippen molar-refractivity contribution in [1.82, 2.24) is 9.97 Å². The van der Waals surface area contributed by atoms with Crippen molar-refractivity contribution in [2.24, 2.45) is 0 Å². The summed E-state index contributed by atoms with van der Waals surface area (Å²) in [6, 6.07) is 30.7. The van der Waals surface area contributed by atoms with E-state index in [9.17, 15) is 14.7 Å². The van der Waals surface area contributed by atoms with E-state index in [4.69, 9.17) is 21.1 Å². The minimum Gasteiger partial charge on any atom is -0.478 e. The molecule has 7 nitrogen and oxygen atoms in total. The summed E-state index contributed by atoms with van der Waals surface area (Å²) in [5.74, 6) is -1.89. The molecular weight excluding hydrogens is 588 g/mol. The number of carbonyl (C=O) groups excluding carboxylic acids is 1. The highest BCUT2D eigenvalue weighted by molar-refractivity contribution is 6.31. The fourth-order valence-electron chi connectivity index (χ4n) is 5.43. The lowest BCUT2D eigenvalue weighted by Gasteiger charge is -2.20. The van der Waals surface area contributed by atoms with Crippen molar-refractivity contribution in [2.45, 2.75) is 32.3 Å². The Morgan fingerprint density at radius 3 is 2.20 bits per heavy atom. The molecule has 0 amide bonds. The molecule has 5 rings (SSSR count). The molecule has 0 aliphatic rings. The lowest BCUT2D eigenvalue weighted by Crippen LogP contribution is -2.19. The highest BCUT2D eigenvalue weighted by Crippen LogP contribution is 2.34. The Bertz CT molecular complexity index is 1710. The van der Waals surface area contributed by atoms with Gasteiger partial charge in [0.2, 0.25) is 0 Å². The Morgan fingerprint density at radius 2 is 1.58 bits per heavy atom. The van der Waals surface area contributed by atoms with Crippen LogP contribution in [0.1, 0.15) is 61.1 Å². The number of aromatic carboxylic acids is 1. The van der Waals surface area contributed by atoms with E-state index in [-0.39, 0.29) is 41.5 Å². The van der Waals surface area contributed by atoms with Crippen molar-refractivity contribution in [3.05, 3.63) is 154 Å². The zero-order valence-electron chi connectivity index (χ0n) is 24.9. The number of aryl methyl sites for hydroxylation is 1. The predicted molar refractivity (Wildman–Crippen MR) is 174 cm³/mol. The average molecular weight is 621 g/mol. The minimum absolute atomic E-state index is 0.00592. The van der Waals surface area contributed by atoms with Crippen molar-refractivity contribution in [2.75, 3.05) is 13.2 Å². The van der Waals surface area contributed by atoms with Crippen molar-refractivity contribution in [3.8, 4) is 11.1 Å². The molecule has 0 fully saturated rings. The van der Waals surface area contributed by atoms with E-state index in [0.717, 1.165) is 16.7 Å². The van der Waals surface area contributed by atoms with E-state index in [0.29, 0.717) is 35.7 Å². The van der Waals surface area contributed by atoms with Crippen LogP contribution in [0.4, 0.5) is 0 Å². The summed E-state index contributed by atoms with van der Waals surface area (Å²) in [5.41, 5.74) is 4.41. The van der Waals surface area contributed by atoms with Gasteiger partial charge in [-0.1, -0.05) is 90.5 Å². The maximum absolute atomic E-state index is 14.0. The van der Waals surface area contributed by atoms with Crippen molar-refractivity contribution in [3.63, 3.8) is 0 Å². The van der Waals surface area contributed by atoms with Gasteiger partial charge in [-0.3, -0.25) is 9.97 Å². The van der Waals surface area contributed by atoms with Crippen LogP contribution in [0.5, 0.6) is 0 Å². The predicted octanol–water partition coefficient (Wildman–Crippen LogP) is 7.94. The first-order valence-corrected chi connectivity index (χ1v) is 15.1. The van der Waals surface area contributed by atoms with Gasteiger partial charge in [0.25, 0.3) is 0 Å². The van der Waals surface area contributed by atoms with Crippen LogP contribution in [0.2, 0.25) is 5.02 Å². The third-order valence-electron chi connectivity index (χ3n) is 7.52. The molecule has 0 saturated carbocycles. The molecule has 0 bridgehead atoms. The lowest BCUT2D eigenvalue weighted by molar-refractivity contribution is 0.0488. The van der Waals surface area contributed by atoms with E-state index in [1.165, 1.54) is 0 Å². The topological polar surface area (TPSA) is 98.6 Å². The number of rotatable bonds is 13. The number of benzene rings is 3. The Hall–Kier alpha value is -4.85. The Balaban J connectivity index is 1.46. The fraction of sp³-hybridized carbons (Fsp3) is 0.189. The van der Waals surface area contributed by atoms with Gasteiger partial charge in [-0.2, -0.15) is 0 Å². The summed E-state index contributed by atoms with van der Waals surface area (Å²) in [6.45, 7) is 2.04. The molecule has 2 heterocycles. The van der Waals surface area contributed by atoms with Gasteiger partial charge in [0.1, 0.15) is 0 Å². The van der Waals surface area contributed by atoms with E-state index in [2.05, 4.69) is 34.2 Å². The molecule has 2 aromatic heterocycles. The standard InChI is InChI=1S/C37H33ClN2O5/c1-25-33(36(41)42)34(29-15-8-16-30(38)22-29)35(32(40-25)24-44-20-17-26-10-9-19-39-23-26)37(43)45-21-18-31(27-11-4-2-5-12-27)28-13-6-3-7-14-28/h2-16,19,22-23,31H,17-18,20-21,24H2,1H3,(H,41,42). The van der Waals surface area contributed by atoms with Crippen molar-refractivity contribution < 1.29 is 24.2 Å². The number of hydrogen-bond donors (Lipinski definition) is 1. The van der Waals surface area contributed by atoms with Gasteiger partial charge >= 0.3 is 11.9 Å². The molecule has 228 valence electrons.